The predicted octanol–water partition coefficient (Wildman–Crippen LogP) is 2.69. The Hall–Kier alpha value is -1.00. The molecule has 1 atom stereocenters. The molecule has 1 aromatic carbocycles. The van der Waals surface area contributed by atoms with Gasteiger partial charge in [0.15, 0.2) is 0 Å². The lowest BCUT2D eigenvalue weighted by molar-refractivity contribution is 0.221. The number of aliphatic hydroxyl groups is 1. The summed E-state index contributed by atoms with van der Waals surface area (Å²) in [6, 6.07) is 3.51. The van der Waals surface area contributed by atoms with Crippen molar-refractivity contribution in [1.82, 2.24) is 0 Å². The van der Waals surface area contributed by atoms with Crippen LogP contribution in [-0.2, 0) is 0 Å². The minimum absolute atomic E-state index is 0.593. The Kier molecular flexibility index (Phi) is 4.17. The molecule has 0 spiro atoms. The van der Waals surface area contributed by atoms with Gasteiger partial charge in [0.1, 0.15) is 17.6 Å². The summed E-state index contributed by atoms with van der Waals surface area (Å²) in [5.41, 5.74) is 0.617. The summed E-state index contributed by atoms with van der Waals surface area (Å²) in [6.45, 7) is 3.54. The van der Waals surface area contributed by atoms with E-state index in [9.17, 15) is 5.11 Å². The molecular weight excluding hydrogens is 260 g/mol. The molecule has 1 N–H and O–H groups in total. The van der Waals surface area contributed by atoms with Crippen LogP contribution in [0.4, 0.5) is 0 Å². The second-order valence-corrected chi connectivity index (χ2v) is 3.67. The molecule has 0 aliphatic carbocycles. The Morgan fingerprint density at radius 2 is 1.87 bits per heavy atom. The molecule has 3 nitrogen and oxygen atoms in total. The van der Waals surface area contributed by atoms with Crippen LogP contribution in [0.5, 0.6) is 11.5 Å². The Balaban J connectivity index is 3.35. The SMILES string of the molecule is C=C[C@H](O)c1c(OC)ccc(OC)c1Br. The van der Waals surface area contributed by atoms with Crippen molar-refractivity contribution in [3.63, 3.8) is 0 Å². The number of aliphatic hydroxyl groups excluding tert-OH is 1. The van der Waals surface area contributed by atoms with Crippen molar-refractivity contribution in [2.75, 3.05) is 14.2 Å². The van der Waals surface area contributed by atoms with Gasteiger partial charge in [0, 0.05) is 5.56 Å². The van der Waals surface area contributed by atoms with Gasteiger partial charge in [0.05, 0.1) is 18.7 Å². The van der Waals surface area contributed by atoms with E-state index in [0.717, 1.165) is 0 Å². The average Bonchev–Trinajstić information content (AvgIpc) is 2.27. The van der Waals surface area contributed by atoms with Crippen molar-refractivity contribution in [3.05, 3.63) is 34.8 Å². The Bertz CT molecular complexity index is 363. The van der Waals surface area contributed by atoms with Crippen molar-refractivity contribution in [3.8, 4) is 11.5 Å². The van der Waals surface area contributed by atoms with E-state index in [4.69, 9.17) is 9.47 Å². The molecule has 0 fully saturated rings. The van der Waals surface area contributed by atoms with Gasteiger partial charge in [-0.3, -0.25) is 0 Å². The van der Waals surface area contributed by atoms with E-state index in [1.54, 1.807) is 26.4 Å². The van der Waals surface area contributed by atoms with Gasteiger partial charge in [-0.15, -0.1) is 6.58 Å². The lowest BCUT2D eigenvalue weighted by atomic mass is 10.1. The quantitative estimate of drug-likeness (QED) is 0.857. The van der Waals surface area contributed by atoms with Gasteiger partial charge in [-0.2, -0.15) is 0 Å². The summed E-state index contributed by atoms with van der Waals surface area (Å²) in [5, 5.41) is 9.76. The number of benzene rings is 1. The molecule has 0 saturated carbocycles. The first kappa shape index (κ1) is 12.1. The van der Waals surface area contributed by atoms with Crippen molar-refractivity contribution in [2.45, 2.75) is 6.10 Å². The standard InChI is InChI=1S/C11H13BrO3/c1-4-7(13)10-8(14-2)5-6-9(15-3)11(10)12/h4-7,13H,1H2,2-3H3/t7-/m0/s1. The average molecular weight is 273 g/mol. The molecule has 15 heavy (non-hydrogen) atoms. The summed E-state index contributed by atoms with van der Waals surface area (Å²) >= 11 is 3.36. The molecule has 0 amide bonds. The van der Waals surface area contributed by atoms with Crippen molar-refractivity contribution < 1.29 is 14.6 Å². The highest BCUT2D eigenvalue weighted by molar-refractivity contribution is 9.10. The molecule has 4 heteroatoms. The van der Waals surface area contributed by atoms with Crippen molar-refractivity contribution in [1.29, 1.82) is 0 Å². The van der Waals surface area contributed by atoms with Gasteiger partial charge in [0.25, 0.3) is 0 Å². The molecule has 0 saturated heterocycles. The highest BCUT2D eigenvalue weighted by Gasteiger charge is 2.17. The molecule has 0 bridgehead atoms. The maximum atomic E-state index is 9.76. The zero-order valence-electron chi connectivity index (χ0n) is 8.66. The molecule has 82 valence electrons. The van der Waals surface area contributed by atoms with E-state index in [0.29, 0.717) is 21.5 Å². The molecular formula is C11H13BrO3. The second kappa shape index (κ2) is 5.19. The first-order chi connectivity index (χ1) is 7.15. The minimum atomic E-state index is -0.788. The van der Waals surface area contributed by atoms with Gasteiger partial charge in [-0.1, -0.05) is 6.08 Å². The monoisotopic (exact) mass is 272 g/mol. The van der Waals surface area contributed by atoms with Crippen LogP contribution in [0.25, 0.3) is 0 Å². The Morgan fingerprint density at radius 3 is 2.33 bits per heavy atom. The molecule has 0 aliphatic heterocycles. The molecule has 0 radical (unpaired) electrons. The van der Waals surface area contributed by atoms with E-state index in [1.807, 2.05) is 0 Å². The molecule has 0 heterocycles. The number of halogens is 1. The fraction of sp³-hybridized carbons (Fsp3) is 0.273. The van der Waals surface area contributed by atoms with Crippen LogP contribution < -0.4 is 9.47 Å². The maximum absolute atomic E-state index is 9.76. The third-order valence-electron chi connectivity index (χ3n) is 2.06. The topological polar surface area (TPSA) is 38.7 Å². The van der Waals surface area contributed by atoms with E-state index in [1.165, 1.54) is 6.08 Å². The number of ether oxygens (including phenoxy) is 2. The van der Waals surface area contributed by atoms with Gasteiger partial charge in [-0.25, -0.2) is 0 Å². The van der Waals surface area contributed by atoms with E-state index in [2.05, 4.69) is 22.5 Å². The summed E-state index contributed by atoms with van der Waals surface area (Å²) in [5.74, 6) is 1.24. The van der Waals surface area contributed by atoms with Crippen LogP contribution in [0, 0.1) is 0 Å². The number of hydrogen-bond acceptors (Lipinski definition) is 3. The molecule has 0 aromatic heterocycles. The lowest BCUT2D eigenvalue weighted by Gasteiger charge is -2.15. The van der Waals surface area contributed by atoms with Crippen LogP contribution in [0.15, 0.2) is 29.3 Å². The van der Waals surface area contributed by atoms with Gasteiger partial charge in [-0.05, 0) is 28.1 Å². The van der Waals surface area contributed by atoms with Crippen molar-refractivity contribution >= 4 is 15.9 Å². The largest absolute Gasteiger partial charge is 0.496 e. The van der Waals surface area contributed by atoms with Crippen LogP contribution in [-0.4, -0.2) is 19.3 Å². The number of methoxy groups -OCH3 is 2. The summed E-state index contributed by atoms with van der Waals surface area (Å²) in [7, 11) is 3.12. The predicted molar refractivity (Wildman–Crippen MR) is 62.4 cm³/mol. The fourth-order valence-electron chi connectivity index (χ4n) is 1.28. The third-order valence-corrected chi connectivity index (χ3v) is 2.88. The highest BCUT2D eigenvalue weighted by Crippen LogP contribution is 2.39. The van der Waals surface area contributed by atoms with Crippen LogP contribution in [0.3, 0.4) is 0 Å². The normalized spacial score (nSPS) is 12.0. The second-order valence-electron chi connectivity index (χ2n) is 2.88. The zero-order valence-corrected chi connectivity index (χ0v) is 10.2. The van der Waals surface area contributed by atoms with Crippen LogP contribution >= 0.6 is 15.9 Å². The maximum Gasteiger partial charge on any atom is 0.133 e. The Labute approximate surface area is 97.5 Å². The molecule has 1 rings (SSSR count). The van der Waals surface area contributed by atoms with Crippen molar-refractivity contribution in [2.24, 2.45) is 0 Å². The zero-order chi connectivity index (χ0) is 11.4. The van der Waals surface area contributed by atoms with E-state index >= 15 is 0 Å². The summed E-state index contributed by atoms with van der Waals surface area (Å²) in [6.07, 6.45) is 0.645. The fourth-order valence-corrected chi connectivity index (χ4v) is 2.01. The smallest absolute Gasteiger partial charge is 0.133 e. The lowest BCUT2D eigenvalue weighted by Crippen LogP contribution is -2.00. The summed E-state index contributed by atoms with van der Waals surface area (Å²) < 4.78 is 11.0. The minimum Gasteiger partial charge on any atom is -0.496 e. The summed E-state index contributed by atoms with van der Waals surface area (Å²) in [4.78, 5) is 0. The van der Waals surface area contributed by atoms with Crippen LogP contribution in [0.1, 0.15) is 11.7 Å². The first-order valence-electron chi connectivity index (χ1n) is 4.36. The highest BCUT2D eigenvalue weighted by atomic mass is 79.9. The van der Waals surface area contributed by atoms with Gasteiger partial charge >= 0.3 is 0 Å². The number of hydrogen-bond donors (Lipinski definition) is 1. The van der Waals surface area contributed by atoms with E-state index in [-0.39, 0.29) is 0 Å². The third kappa shape index (κ3) is 2.33. The molecule has 0 aliphatic rings. The number of rotatable bonds is 4. The van der Waals surface area contributed by atoms with E-state index < -0.39 is 6.10 Å². The first-order valence-corrected chi connectivity index (χ1v) is 5.16. The van der Waals surface area contributed by atoms with Gasteiger partial charge in [0.2, 0.25) is 0 Å². The molecule has 0 unspecified atom stereocenters. The Morgan fingerprint density at radius 1 is 1.33 bits per heavy atom. The van der Waals surface area contributed by atoms with Gasteiger partial charge < -0.3 is 14.6 Å². The molecule has 1 aromatic rings. The van der Waals surface area contributed by atoms with Crippen LogP contribution in [0.2, 0.25) is 0 Å².